The number of halogens is 2. The number of para-hydroxylation sites is 1. The number of anilines is 1. The minimum atomic E-state index is -0.537. The maximum absolute atomic E-state index is 13.5. The van der Waals surface area contributed by atoms with Crippen molar-refractivity contribution in [3.05, 3.63) is 29.8 Å². The zero-order valence-electron chi connectivity index (χ0n) is 8.83. The van der Waals surface area contributed by atoms with Crippen LogP contribution in [0.5, 0.6) is 0 Å². The molecule has 0 unspecified atom stereocenters. The second-order valence-corrected chi connectivity index (χ2v) is 4.03. The molecule has 0 N–H and O–H groups in total. The number of hydrogen-bond donors (Lipinski definition) is 0. The van der Waals surface area contributed by atoms with E-state index in [1.165, 1.54) is 18.2 Å². The van der Waals surface area contributed by atoms with Gasteiger partial charge in [-0.05, 0) is 25.0 Å². The molecule has 0 spiro atoms. The van der Waals surface area contributed by atoms with Crippen LogP contribution in [-0.4, -0.2) is 19.4 Å². The number of aldehydes is 1. The smallest absolute Gasteiger partial charge is 0.149 e. The van der Waals surface area contributed by atoms with E-state index < -0.39 is 11.6 Å². The summed E-state index contributed by atoms with van der Waals surface area (Å²) in [6, 6.07) is 3.86. The van der Waals surface area contributed by atoms with Gasteiger partial charge in [-0.25, -0.2) is 8.78 Å². The predicted octanol–water partition coefficient (Wildman–Crippen LogP) is 2.38. The van der Waals surface area contributed by atoms with Crippen molar-refractivity contribution in [2.75, 3.05) is 18.0 Å². The van der Waals surface area contributed by atoms with Gasteiger partial charge in [-0.15, -0.1) is 0 Å². The molecule has 1 aromatic carbocycles. The van der Waals surface area contributed by atoms with E-state index in [0.717, 1.165) is 6.29 Å². The third-order valence-electron chi connectivity index (χ3n) is 2.99. The van der Waals surface area contributed by atoms with Crippen molar-refractivity contribution >= 4 is 12.0 Å². The van der Waals surface area contributed by atoms with Crippen LogP contribution in [0.1, 0.15) is 12.8 Å². The Morgan fingerprint density at radius 3 is 2.25 bits per heavy atom. The van der Waals surface area contributed by atoms with Gasteiger partial charge in [-0.3, -0.25) is 0 Å². The summed E-state index contributed by atoms with van der Waals surface area (Å²) >= 11 is 0. The van der Waals surface area contributed by atoms with Gasteiger partial charge in [0.15, 0.2) is 0 Å². The molecule has 2 rings (SSSR count). The molecular weight excluding hydrogens is 212 g/mol. The van der Waals surface area contributed by atoms with Crippen LogP contribution in [-0.2, 0) is 4.79 Å². The van der Waals surface area contributed by atoms with Gasteiger partial charge < -0.3 is 9.69 Å². The minimum absolute atomic E-state index is 0.0334. The van der Waals surface area contributed by atoms with Crippen LogP contribution in [0.4, 0.5) is 14.5 Å². The quantitative estimate of drug-likeness (QED) is 0.720. The lowest BCUT2D eigenvalue weighted by molar-refractivity contribution is -0.111. The molecule has 2 nitrogen and oxygen atoms in total. The number of carbonyl (C=O) groups is 1. The van der Waals surface area contributed by atoms with Crippen LogP contribution in [0, 0.1) is 17.6 Å². The van der Waals surface area contributed by atoms with Gasteiger partial charge in [-0.1, -0.05) is 6.07 Å². The summed E-state index contributed by atoms with van der Waals surface area (Å²) < 4.78 is 26.9. The summed E-state index contributed by atoms with van der Waals surface area (Å²) in [6.45, 7) is 1.06. The van der Waals surface area contributed by atoms with Crippen LogP contribution in [0.25, 0.3) is 0 Å². The normalized spacial score (nSPS) is 17.5. The molecule has 0 aliphatic carbocycles. The first-order valence-corrected chi connectivity index (χ1v) is 5.36. The minimum Gasteiger partial charge on any atom is -0.367 e. The predicted molar refractivity (Wildman–Crippen MR) is 57.4 cm³/mol. The molecule has 86 valence electrons. The number of benzene rings is 1. The zero-order chi connectivity index (χ0) is 11.5. The largest absolute Gasteiger partial charge is 0.367 e. The molecule has 0 aromatic heterocycles. The first-order valence-electron chi connectivity index (χ1n) is 5.36. The van der Waals surface area contributed by atoms with Crippen LogP contribution in [0.3, 0.4) is 0 Å². The van der Waals surface area contributed by atoms with Crippen molar-refractivity contribution < 1.29 is 13.6 Å². The third-order valence-corrected chi connectivity index (χ3v) is 2.99. The van der Waals surface area contributed by atoms with E-state index in [9.17, 15) is 13.6 Å². The van der Waals surface area contributed by atoms with E-state index in [-0.39, 0.29) is 11.6 Å². The maximum atomic E-state index is 13.5. The van der Waals surface area contributed by atoms with E-state index >= 15 is 0 Å². The van der Waals surface area contributed by atoms with Crippen molar-refractivity contribution in [1.29, 1.82) is 0 Å². The van der Waals surface area contributed by atoms with Crippen LogP contribution in [0.15, 0.2) is 18.2 Å². The SMILES string of the molecule is O=CC1CCN(c2c(F)cccc2F)CC1. The van der Waals surface area contributed by atoms with Gasteiger partial charge in [0.2, 0.25) is 0 Å². The van der Waals surface area contributed by atoms with Crippen molar-refractivity contribution in [2.45, 2.75) is 12.8 Å². The molecule has 0 atom stereocenters. The summed E-state index contributed by atoms with van der Waals surface area (Å²) in [5.41, 5.74) is 0.0341. The highest BCUT2D eigenvalue weighted by Crippen LogP contribution is 2.27. The third kappa shape index (κ3) is 2.05. The first-order chi connectivity index (χ1) is 7.72. The molecule has 4 heteroatoms. The second kappa shape index (κ2) is 4.60. The fourth-order valence-electron chi connectivity index (χ4n) is 2.05. The summed E-state index contributed by atoms with van der Waals surface area (Å²) in [6.07, 6.45) is 2.25. The fourth-order valence-corrected chi connectivity index (χ4v) is 2.05. The average molecular weight is 225 g/mol. The number of rotatable bonds is 2. The summed E-state index contributed by atoms with van der Waals surface area (Å²) in [5, 5.41) is 0. The van der Waals surface area contributed by atoms with E-state index in [2.05, 4.69) is 0 Å². The highest BCUT2D eigenvalue weighted by atomic mass is 19.1. The molecule has 1 aliphatic heterocycles. The molecule has 1 aromatic rings. The molecule has 0 amide bonds. The van der Waals surface area contributed by atoms with E-state index in [4.69, 9.17) is 0 Å². The van der Waals surface area contributed by atoms with Crippen molar-refractivity contribution in [1.82, 2.24) is 0 Å². The number of carbonyl (C=O) groups excluding carboxylic acids is 1. The van der Waals surface area contributed by atoms with Gasteiger partial charge >= 0.3 is 0 Å². The Balaban J connectivity index is 2.17. The standard InChI is InChI=1S/C12H13F2NO/c13-10-2-1-3-11(14)12(10)15-6-4-9(8-16)5-7-15/h1-3,8-9H,4-7H2. The summed E-state index contributed by atoms with van der Waals surface area (Å²) in [7, 11) is 0. The molecule has 1 heterocycles. The lowest BCUT2D eigenvalue weighted by Crippen LogP contribution is -2.35. The first kappa shape index (κ1) is 11.0. The topological polar surface area (TPSA) is 20.3 Å². The van der Waals surface area contributed by atoms with Gasteiger partial charge in [0.05, 0.1) is 0 Å². The fraction of sp³-hybridized carbons (Fsp3) is 0.417. The Morgan fingerprint density at radius 2 is 1.75 bits per heavy atom. The molecule has 1 fully saturated rings. The van der Waals surface area contributed by atoms with Crippen LogP contribution >= 0.6 is 0 Å². The number of piperidine rings is 1. The zero-order valence-corrected chi connectivity index (χ0v) is 8.83. The van der Waals surface area contributed by atoms with Gasteiger partial charge in [-0.2, -0.15) is 0 Å². The second-order valence-electron chi connectivity index (χ2n) is 4.03. The number of nitrogens with zero attached hydrogens (tertiary/aromatic N) is 1. The summed E-state index contributed by atoms with van der Waals surface area (Å²) in [4.78, 5) is 12.2. The molecule has 0 radical (unpaired) electrons. The van der Waals surface area contributed by atoms with Gasteiger partial charge in [0.25, 0.3) is 0 Å². The van der Waals surface area contributed by atoms with Crippen LogP contribution in [0.2, 0.25) is 0 Å². The van der Waals surface area contributed by atoms with Crippen molar-refractivity contribution in [2.24, 2.45) is 5.92 Å². The number of hydrogen-bond acceptors (Lipinski definition) is 2. The lowest BCUT2D eigenvalue weighted by Gasteiger charge is -2.31. The van der Waals surface area contributed by atoms with Crippen LogP contribution < -0.4 is 4.90 Å². The molecule has 1 saturated heterocycles. The monoisotopic (exact) mass is 225 g/mol. The van der Waals surface area contributed by atoms with E-state index in [1.54, 1.807) is 4.90 Å². The Hall–Kier alpha value is -1.45. The van der Waals surface area contributed by atoms with Crippen molar-refractivity contribution in [3.63, 3.8) is 0 Å². The Labute approximate surface area is 92.9 Å². The Bertz CT molecular complexity index is 366. The highest BCUT2D eigenvalue weighted by molar-refractivity contribution is 5.56. The van der Waals surface area contributed by atoms with Gasteiger partial charge in [0.1, 0.15) is 23.6 Å². The molecule has 1 aliphatic rings. The molecular formula is C12H13F2NO. The maximum Gasteiger partial charge on any atom is 0.149 e. The Morgan fingerprint density at radius 1 is 1.19 bits per heavy atom. The van der Waals surface area contributed by atoms with E-state index in [0.29, 0.717) is 25.9 Å². The molecule has 0 bridgehead atoms. The summed E-state index contributed by atoms with van der Waals surface area (Å²) in [5.74, 6) is -1.04. The lowest BCUT2D eigenvalue weighted by atomic mass is 9.98. The van der Waals surface area contributed by atoms with Gasteiger partial charge in [0, 0.05) is 19.0 Å². The molecule has 16 heavy (non-hydrogen) atoms. The Kier molecular flexibility index (Phi) is 3.17. The molecule has 0 saturated carbocycles. The average Bonchev–Trinajstić information content (AvgIpc) is 2.30. The van der Waals surface area contributed by atoms with E-state index in [1.807, 2.05) is 0 Å². The van der Waals surface area contributed by atoms with Crippen molar-refractivity contribution in [3.8, 4) is 0 Å². The highest BCUT2D eigenvalue weighted by Gasteiger charge is 2.22.